The van der Waals surface area contributed by atoms with Crippen LogP contribution in [0.5, 0.6) is 0 Å². The van der Waals surface area contributed by atoms with Crippen LogP contribution >= 0.6 is 11.3 Å². The van der Waals surface area contributed by atoms with Gasteiger partial charge in [0.25, 0.3) is 0 Å². The summed E-state index contributed by atoms with van der Waals surface area (Å²) in [6.07, 6.45) is 0. The molecule has 0 radical (unpaired) electrons. The summed E-state index contributed by atoms with van der Waals surface area (Å²) in [5.74, 6) is 0. The number of aryl methyl sites for hydroxylation is 1. The molecule has 3 heteroatoms. The van der Waals surface area contributed by atoms with Gasteiger partial charge in [-0.15, -0.1) is 11.3 Å². The number of anilines is 1. The Kier molecular flexibility index (Phi) is 3.60. The maximum atomic E-state index is 5.49. The molecule has 1 aromatic heterocycles. The van der Waals surface area contributed by atoms with Gasteiger partial charge in [-0.3, -0.25) is 0 Å². The fraction of sp³-hybridized carbons (Fsp3) is 0.263. The van der Waals surface area contributed by atoms with Crippen LogP contribution in [0.15, 0.2) is 48.5 Å². The van der Waals surface area contributed by atoms with Crippen LogP contribution in [-0.4, -0.2) is 26.3 Å². The van der Waals surface area contributed by atoms with E-state index >= 15 is 0 Å². The second kappa shape index (κ2) is 5.75. The van der Waals surface area contributed by atoms with Crippen molar-refractivity contribution in [1.29, 1.82) is 0 Å². The summed E-state index contributed by atoms with van der Waals surface area (Å²) in [5, 5.41) is 3.99. The van der Waals surface area contributed by atoms with Gasteiger partial charge in [-0.25, -0.2) is 0 Å². The van der Waals surface area contributed by atoms with E-state index in [4.69, 9.17) is 4.74 Å². The zero-order valence-corrected chi connectivity index (χ0v) is 13.5. The van der Waals surface area contributed by atoms with Crippen LogP contribution in [0.25, 0.3) is 21.9 Å². The molecule has 0 spiro atoms. The molecular weight excluding hydrogens is 290 g/mol. The van der Waals surface area contributed by atoms with Gasteiger partial charge in [-0.05, 0) is 35.4 Å². The normalized spacial score (nSPS) is 15.4. The predicted octanol–water partition coefficient (Wildman–Crippen LogP) is 4.71. The van der Waals surface area contributed by atoms with Gasteiger partial charge < -0.3 is 9.64 Å². The van der Waals surface area contributed by atoms with E-state index in [0.717, 1.165) is 26.3 Å². The number of nitrogens with zero attached hydrogens (tertiary/aromatic N) is 1. The Bertz CT molecular complexity index is 802. The minimum Gasteiger partial charge on any atom is -0.378 e. The minimum absolute atomic E-state index is 0.827. The highest BCUT2D eigenvalue weighted by atomic mass is 32.1. The van der Waals surface area contributed by atoms with Crippen molar-refractivity contribution in [2.45, 2.75) is 6.92 Å². The third kappa shape index (κ3) is 2.51. The molecule has 3 aromatic rings. The lowest BCUT2D eigenvalue weighted by atomic mass is 10.0. The van der Waals surface area contributed by atoms with Crippen molar-refractivity contribution in [1.82, 2.24) is 0 Å². The van der Waals surface area contributed by atoms with Crippen LogP contribution < -0.4 is 4.90 Å². The molecule has 4 rings (SSSR count). The van der Waals surface area contributed by atoms with E-state index in [1.54, 1.807) is 0 Å². The van der Waals surface area contributed by atoms with Crippen LogP contribution in [0.4, 0.5) is 5.00 Å². The van der Waals surface area contributed by atoms with Crippen LogP contribution in [0, 0.1) is 6.92 Å². The van der Waals surface area contributed by atoms with E-state index in [0.29, 0.717) is 0 Å². The molecule has 0 aliphatic carbocycles. The maximum Gasteiger partial charge on any atom is 0.0992 e. The Morgan fingerprint density at radius 3 is 2.55 bits per heavy atom. The zero-order valence-electron chi connectivity index (χ0n) is 12.7. The fourth-order valence-electron chi connectivity index (χ4n) is 3.07. The SMILES string of the molecule is Cc1cc(-c2ccc3ccccc3c2)c(N2CCOCC2)s1. The number of morpholine rings is 1. The molecule has 2 aromatic carbocycles. The van der Waals surface area contributed by atoms with Crippen LogP contribution in [0.1, 0.15) is 4.88 Å². The molecule has 1 aliphatic heterocycles. The molecule has 2 nitrogen and oxygen atoms in total. The minimum atomic E-state index is 0.827. The Balaban J connectivity index is 1.80. The highest BCUT2D eigenvalue weighted by molar-refractivity contribution is 7.16. The molecule has 2 heterocycles. The molecule has 0 N–H and O–H groups in total. The van der Waals surface area contributed by atoms with Crippen LogP contribution in [-0.2, 0) is 4.74 Å². The van der Waals surface area contributed by atoms with Crippen LogP contribution in [0.3, 0.4) is 0 Å². The number of fused-ring (bicyclic) bond motifs is 1. The molecule has 0 atom stereocenters. The van der Waals surface area contributed by atoms with Gasteiger partial charge in [-0.2, -0.15) is 0 Å². The first kappa shape index (κ1) is 13.8. The summed E-state index contributed by atoms with van der Waals surface area (Å²) in [6.45, 7) is 5.82. The van der Waals surface area contributed by atoms with E-state index < -0.39 is 0 Å². The largest absolute Gasteiger partial charge is 0.378 e. The number of rotatable bonds is 2. The second-order valence-corrected chi connectivity index (χ2v) is 6.97. The fourth-order valence-corrected chi connectivity index (χ4v) is 4.15. The van der Waals surface area contributed by atoms with E-state index in [9.17, 15) is 0 Å². The van der Waals surface area contributed by atoms with Crippen molar-refractivity contribution in [3.8, 4) is 11.1 Å². The first-order valence-corrected chi connectivity index (χ1v) is 8.55. The van der Waals surface area contributed by atoms with Gasteiger partial charge in [0, 0.05) is 23.5 Å². The quantitative estimate of drug-likeness (QED) is 0.679. The van der Waals surface area contributed by atoms with Gasteiger partial charge >= 0.3 is 0 Å². The second-order valence-electron chi connectivity index (χ2n) is 5.74. The van der Waals surface area contributed by atoms with Crippen molar-refractivity contribution >= 4 is 27.1 Å². The Morgan fingerprint density at radius 1 is 0.955 bits per heavy atom. The first-order chi connectivity index (χ1) is 10.8. The van der Waals surface area contributed by atoms with Crippen molar-refractivity contribution < 1.29 is 4.74 Å². The molecule has 1 saturated heterocycles. The Morgan fingerprint density at radius 2 is 1.73 bits per heavy atom. The predicted molar refractivity (Wildman–Crippen MR) is 95.0 cm³/mol. The van der Waals surface area contributed by atoms with Gasteiger partial charge in [0.2, 0.25) is 0 Å². The van der Waals surface area contributed by atoms with E-state index in [1.165, 1.54) is 31.8 Å². The molecule has 112 valence electrons. The third-order valence-corrected chi connectivity index (χ3v) is 5.31. The Hall–Kier alpha value is -1.84. The average Bonchev–Trinajstić information content (AvgIpc) is 2.97. The number of thiophene rings is 1. The molecule has 1 aliphatic rings. The maximum absolute atomic E-state index is 5.49. The molecule has 0 amide bonds. The van der Waals surface area contributed by atoms with Crippen molar-refractivity contribution in [3.63, 3.8) is 0 Å². The molecular formula is C19H19NOS. The number of ether oxygens (including phenoxy) is 1. The third-order valence-electron chi connectivity index (χ3n) is 4.19. The lowest BCUT2D eigenvalue weighted by Gasteiger charge is -2.28. The Labute approximate surface area is 135 Å². The highest BCUT2D eigenvalue weighted by Crippen LogP contribution is 2.39. The summed E-state index contributed by atoms with van der Waals surface area (Å²) in [7, 11) is 0. The van der Waals surface area contributed by atoms with Gasteiger partial charge in [0.15, 0.2) is 0 Å². The summed E-state index contributed by atoms with van der Waals surface area (Å²) in [5.41, 5.74) is 2.67. The van der Waals surface area contributed by atoms with Crippen molar-refractivity contribution in [2.24, 2.45) is 0 Å². The topological polar surface area (TPSA) is 12.5 Å². The van der Waals surface area contributed by atoms with Crippen molar-refractivity contribution in [2.75, 3.05) is 31.2 Å². The molecule has 0 saturated carbocycles. The van der Waals surface area contributed by atoms with Gasteiger partial charge in [0.05, 0.1) is 18.2 Å². The summed E-state index contributed by atoms with van der Waals surface area (Å²) in [6, 6.07) is 17.6. The molecule has 0 bridgehead atoms. The lowest BCUT2D eigenvalue weighted by molar-refractivity contribution is 0.123. The number of hydrogen-bond donors (Lipinski definition) is 0. The van der Waals surface area contributed by atoms with Crippen molar-refractivity contribution in [3.05, 3.63) is 53.4 Å². The molecule has 1 fully saturated rings. The van der Waals surface area contributed by atoms with Gasteiger partial charge in [-0.1, -0.05) is 36.4 Å². The average molecular weight is 309 g/mol. The van der Waals surface area contributed by atoms with E-state index in [-0.39, 0.29) is 0 Å². The number of benzene rings is 2. The standard InChI is InChI=1S/C19H19NOS/c1-14-12-18(19(22-14)20-8-10-21-11-9-20)17-7-6-15-4-2-3-5-16(15)13-17/h2-7,12-13H,8-11H2,1H3. The van der Waals surface area contributed by atoms with Crippen LogP contribution in [0.2, 0.25) is 0 Å². The van der Waals surface area contributed by atoms with E-state index in [2.05, 4.69) is 60.4 Å². The number of hydrogen-bond acceptors (Lipinski definition) is 3. The molecule has 22 heavy (non-hydrogen) atoms. The summed E-state index contributed by atoms with van der Waals surface area (Å²) < 4.78 is 5.49. The first-order valence-electron chi connectivity index (χ1n) is 7.73. The highest BCUT2D eigenvalue weighted by Gasteiger charge is 2.18. The monoisotopic (exact) mass is 309 g/mol. The summed E-state index contributed by atoms with van der Waals surface area (Å²) in [4.78, 5) is 3.83. The smallest absolute Gasteiger partial charge is 0.0992 e. The van der Waals surface area contributed by atoms with E-state index in [1.807, 2.05) is 11.3 Å². The van der Waals surface area contributed by atoms with Gasteiger partial charge in [0.1, 0.15) is 0 Å². The summed E-state index contributed by atoms with van der Waals surface area (Å²) >= 11 is 1.89. The lowest BCUT2D eigenvalue weighted by Crippen LogP contribution is -2.35. The molecule has 0 unspecified atom stereocenters. The zero-order chi connectivity index (χ0) is 14.9.